The molecule has 31 heavy (non-hydrogen) atoms. The van der Waals surface area contributed by atoms with Gasteiger partial charge >= 0.3 is 6.18 Å². The molecule has 0 bridgehead atoms. The molecule has 12 heteroatoms. The maximum absolute atomic E-state index is 12.6. The molecule has 7 nitrogen and oxygen atoms in total. The maximum Gasteiger partial charge on any atom is 0.434 e. The number of aliphatic imine (C=N–C) groups is 1. The number of amides is 1. The van der Waals surface area contributed by atoms with Crippen molar-refractivity contribution in [2.75, 3.05) is 33.3 Å². The van der Waals surface area contributed by atoms with Crippen LogP contribution in [0.3, 0.4) is 0 Å². The van der Waals surface area contributed by atoms with Gasteiger partial charge < -0.3 is 20.7 Å². The van der Waals surface area contributed by atoms with Crippen LogP contribution in [-0.2, 0) is 12.6 Å². The number of thiazole rings is 1. The summed E-state index contributed by atoms with van der Waals surface area (Å²) in [7, 11) is 1.56. The second-order valence-electron chi connectivity index (χ2n) is 6.05. The van der Waals surface area contributed by atoms with Gasteiger partial charge in [0.05, 0.1) is 12.1 Å². The lowest BCUT2D eigenvalue weighted by Crippen LogP contribution is -2.41. The number of carbonyl (C=O) groups is 1. The van der Waals surface area contributed by atoms with E-state index in [9.17, 15) is 18.0 Å². The summed E-state index contributed by atoms with van der Waals surface area (Å²) in [6.45, 7) is 3.62. The summed E-state index contributed by atoms with van der Waals surface area (Å²) in [4.78, 5) is 20.0. The van der Waals surface area contributed by atoms with Gasteiger partial charge in [-0.05, 0) is 31.2 Å². The zero-order valence-corrected chi connectivity index (χ0v) is 20.2. The van der Waals surface area contributed by atoms with Gasteiger partial charge in [-0.15, -0.1) is 35.3 Å². The number of hydrogen-bond donors (Lipinski definition) is 3. The van der Waals surface area contributed by atoms with Gasteiger partial charge in [0.25, 0.3) is 5.91 Å². The molecule has 0 saturated carbocycles. The Kier molecular flexibility index (Phi) is 11.6. The van der Waals surface area contributed by atoms with Crippen molar-refractivity contribution in [3.8, 4) is 5.75 Å². The summed E-state index contributed by atoms with van der Waals surface area (Å²) in [5.74, 6) is 0.988. The van der Waals surface area contributed by atoms with E-state index in [-0.39, 0.29) is 29.9 Å². The van der Waals surface area contributed by atoms with Gasteiger partial charge in [0.2, 0.25) is 0 Å². The van der Waals surface area contributed by atoms with Crippen LogP contribution in [0.2, 0.25) is 0 Å². The van der Waals surface area contributed by atoms with Gasteiger partial charge in [0, 0.05) is 43.5 Å². The van der Waals surface area contributed by atoms with Crippen molar-refractivity contribution in [3.05, 3.63) is 45.9 Å². The van der Waals surface area contributed by atoms with Crippen LogP contribution in [0.4, 0.5) is 13.2 Å². The topological polar surface area (TPSA) is 87.6 Å². The van der Waals surface area contributed by atoms with E-state index in [1.807, 2.05) is 6.92 Å². The molecule has 0 atom stereocenters. The highest BCUT2D eigenvalue weighted by molar-refractivity contribution is 14.0. The molecule has 0 aliphatic heterocycles. The van der Waals surface area contributed by atoms with Crippen LogP contribution >= 0.6 is 35.3 Å². The minimum atomic E-state index is -4.43. The molecule has 0 radical (unpaired) electrons. The lowest BCUT2D eigenvalue weighted by Gasteiger charge is -2.12. The molecule has 2 rings (SSSR count). The van der Waals surface area contributed by atoms with E-state index in [0.717, 1.165) is 16.7 Å². The van der Waals surface area contributed by atoms with E-state index in [0.29, 0.717) is 54.9 Å². The molecular formula is C19H25F3IN5O2S. The monoisotopic (exact) mass is 571 g/mol. The second kappa shape index (κ2) is 13.3. The Morgan fingerprint density at radius 1 is 1.16 bits per heavy atom. The second-order valence-corrected chi connectivity index (χ2v) is 6.99. The fraction of sp³-hybridized carbons (Fsp3) is 0.421. The number of ether oxygens (including phenoxy) is 1. The van der Waals surface area contributed by atoms with Gasteiger partial charge in [-0.2, -0.15) is 13.2 Å². The minimum absolute atomic E-state index is 0. The Morgan fingerprint density at radius 2 is 1.84 bits per heavy atom. The van der Waals surface area contributed by atoms with Crippen LogP contribution in [-0.4, -0.2) is 50.1 Å². The molecule has 1 aromatic carbocycles. The first-order valence-corrected chi connectivity index (χ1v) is 10.2. The Bertz CT molecular complexity index is 844. The SMILES string of the molecule is CCNC(=NCCc1nc(C(F)(F)F)cs1)NCCNC(=O)c1ccc(OC)cc1.I. The van der Waals surface area contributed by atoms with Gasteiger partial charge in [-0.3, -0.25) is 9.79 Å². The van der Waals surface area contributed by atoms with Crippen LogP contribution in [0.25, 0.3) is 0 Å². The van der Waals surface area contributed by atoms with Crippen LogP contribution in [0.1, 0.15) is 28.0 Å². The number of alkyl halides is 3. The van der Waals surface area contributed by atoms with E-state index in [1.54, 1.807) is 31.4 Å². The zero-order chi connectivity index (χ0) is 22.0. The van der Waals surface area contributed by atoms with Gasteiger partial charge in [-0.25, -0.2) is 4.98 Å². The zero-order valence-electron chi connectivity index (χ0n) is 17.1. The summed E-state index contributed by atoms with van der Waals surface area (Å²) < 4.78 is 42.8. The number of rotatable bonds is 9. The molecule has 0 spiro atoms. The molecule has 0 unspecified atom stereocenters. The highest BCUT2D eigenvalue weighted by Crippen LogP contribution is 2.30. The van der Waals surface area contributed by atoms with Crippen LogP contribution in [0.15, 0.2) is 34.6 Å². The van der Waals surface area contributed by atoms with Gasteiger partial charge in [0.15, 0.2) is 11.7 Å². The van der Waals surface area contributed by atoms with E-state index in [2.05, 4.69) is 25.9 Å². The minimum Gasteiger partial charge on any atom is -0.497 e. The van der Waals surface area contributed by atoms with Crippen LogP contribution in [0, 0.1) is 0 Å². The first kappa shape index (κ1) is 26.9. The van der Waals surface area contributed by atoms with Crippen LogP contribution < -0.4 is 20.7 Å². The lowest BCUT2D eigenvalue weighted by molar-refractivity contribution is -0.140. The normalized spacial score (nSPS) is 11.5. The van der Waals surface area contributed by atoms with E-state index in [4.69, 9.17) is 4.74 Å². The summed E-state index contributed by atoms with van der Waals surface area (Å²) in [6.07, 6.45) is -4.11. The Hall–Kier alpha value is -2.09. The molecule has 1 amide bonds. The molecule has 1 aromatic heterocycles. The average molecular weight is 571 g/mol. The van der Waals surface area contributed by atoms with E-state index >= 15 is 0 Å². The van der Waals surface area contributed by atoms with Crippen molar-refractivity contribution in [2.45, 2.75) is 19.5 Å². The van der Waals surface area contributed by atoms with Crippen molar-refractivity contribution in [3.63, 3.8) is 0 Å². The van der Waals surface area contributed by atoms with E-state index < -0.39 is 11.9 Å². The molecule has 0 saturated heterocycles. The predicted octanol–water partition coefficient (Wildman–Crippen LogP) is 3.32. The largest absolute Gasteiger partial charge is 0.497 e. The summed E-state index contributed by atoms with van der Waals surface area (Å²) in [5.41, 5.74) is -0.345. The molecule has 3 N–H and O–H groups in total. The van der Waals surface area contributed by atoms with Crippen LogP contribution in [0.5, 0.6) is 5.75 Å². The average Bonchev–Trinajstić information content (AvgIpc) is 3.20. The number of aromatic nitrogens is 1. The lowest BCUT2D eigenvalue weighted by atomic mass is 10.2. The quantitative estimate of drug-likeness (QED) is 0.186. The molecule has 0 fully saturated rings. The number of carbonyl (C=O) groups excluding carboxylic acids is 1. The summed E-state index contributed by atoms with van der Waals surface area (Å²) in [6, 6.07) is 6.78. The summed E-state index contributed by atoms with van der Waals surface area (Å²) in [5, 5.41) is 10.3. The number of hydrogen-bond acceptors (Lipinski definition) is 5. The third kappa shape index (κ3) is 9.29. The standard InChI is InChI=1S/C19H24F3N5O2S.HI/c1-3-23-18(25-9-8-16-27-15(12-30-16)19(20,21)22)26-11-10-24-17(28)13-4-6-14(29-2)7-5-13;/h4-7,12H,3,8-11H2,1-2H3,(H,24,28)(H2,23,25,26);1H. The number of nitrogens with zero attached hydrogens (tertiary/aromatic N) is 2. The van der Waals surface area contributed by atoms with Gasteiger partial charge in [-0.1, -0.05) is 0 Å². The van der Waals surface area contributed by atoms with Crippen molar-refractivity contribution < 1.29 is 22.7 Å². The first-order valence-electron chi connectivity index (χ1n) is 9.29. The van der Waals surface area contributed by atoms with E-state index in [1.165, 1.54) is 0 Å². The molecule has 1 heterocycles. The third-order valence-corrected chi connectivity index (χ3v) is 4.75. The third-order valence-electron chi connectivity index (χ3n) is 3.84. The molecule has 172 valence electrons. The predicted molar refractivity (Wildman–Crippen MR) is 126 cm³/mol. The molecule has 0 aliphatic carbocycles. The Balaban J connectivity index is 0.00000480. The molecule has 2 aromatic rings. The summed E-state index contributed by atoms with van der Waals surface area (Å²) >= 11 is 0.970. The number of methoxy groups -OCH3 is 1. The van der Waals surface area contributed by atoms with Crippen molar-refractivity contribution in [1.29, 1.82) is 0 Å². The Morgan fingerprint density at radius 3 is 2.42 bits per heavy atom. The fourth-order valence-corrected chi connectivity index (χ4v) is 3.16. The highest BCUT2D eigenvalue weighted by Gasteiger charge is 2.33. The van der Waals surface area contributed by atoms with Crippen molar-refractivity contribution in [2.24, 2.45) is 4.99 Å². The number of benzene rings is 1. The van der Waals surface area contributed by atoms with Gasteiger partial charge in [0.1, 0.15) is 5.75 Å². The smallest absolute Gasteiger partial charge is 0.434 e. The number of halogens is 4. The highest BCUT2D eigenvalue weighted by atomic mass is 127. The first-order chi connectivity index (χ1) is 14.3. The number of nitrogens with one attached hydrogen (secondary N) is 3. The number of guanidine groups is 1. The maximum atomic E-state index is 12.6. The fourth-order valence-electron chi connectivity index (χ4n) is 2.36. The molecular weight excluding hydrogens is 546 g/mol. The molecule has 0 aliphatic rings. The van der Waals surface area contributed by atoms with Crippen molar-refractivity contribution >= 4 is 47.2 Å². The van der Waals surface area contributed by atoms with Crippen molar-refractivity contribution in [1.82, 2.24) is 20.9 Å². The Labute approximate surface area is 199 Å².